The largest absolute Gasteiger partial charge is 0.354 e. The van der Waals surface area contributed by atoms with Crippen molar-refractivity contribution in [2.75, 3.05) is 19.6 Å². The van der Waals surface area contributed by atoms with Crippen molar-refractivity contribution >= 4 is 11.8 Å². The summed E-state index contributed by atoms with van der Waals surface area (Å²) in [6.07, 6.45) is 2.20. The Morgan fingerprint density at radius 1 is 1.07 bits per heavy atom. The molecule has 5 nitrogen and oxygen atoms in total. The molecule has 30 heavy (non-hydrogen) atoms. The standard InChI is InChI=1S/C25H25N3O2/c1-18-5-4-6-21(15-18)20-10-8-19(9-11-20)16-22-17-28(14-13-27-24(22)29)25(30)23-7-2-3-12-26-23/h2-12,15,22H,13-14,16-17H2,1H3,(H,27,29). The summed E-state index contributed by atoms with van der Waals surface area (Å²) in [4.78, 5) is 31.3. The predicted octanol–water partition coefficient (Wildman–Crippen LogP) is 3.49. The molecule has 0 bridgehead atoms. The summed E-state index contributed by atoms with van der Waals surface area (Å²) in [6.45, 7) is 3.42. The van der Waals surface area contributed by atoms with E-state index in [4.69, 9.17) is 0 Å². The Balaban J connectivity index is 1.48. The third-order valence-corrected chi connectivity index (χ3v) is 5.45. The fourth-order valence-electron chi connectivity index (χ4n) is 3.83. The van der Waals surface area contributed by atoms with Crippen molar-refractivity contribution in [1.82, 2.24) is 15.2 Å². The van der Waals surface area contributed by atoms with Gasteiger partial charge in [0.15, 0.2) is 0 Å². The summed E-state index contributed by atoms with van der Waals surface area (Å²) in [7, 11) is 0. The second-order valence-electron chi connectivity index (χ2n) is 7.72. The fourth-order valence-corrected chi connectivity index (χ4v) is 3.83. The van der Waals surface area contributed by atoms with Crippen LogP contribution in [-0.2, 0) is 11.2 Å². The topological polar surface area (TPSA) is 62.3 Å². The molecule has 1 N–H and O–H groups in total. The first-order valence-electron chi connectivity index (χ1n) is 10.2. The van der Waals surface area contributed by atoms with Crippen LogP contribution < -0.4 is 5.32 Å². The van der Waals surface area contributed by atoms with Crippen molar-refractivity contribution in [2.45, 2.75) is 13.3 Å². The lowest BCUT2D eigenvalue weighted by molar-refractivity contribution is -0.124. The number of aromatic nitrogens is 1. The number of rotatable bonds is 4. The van der Waals surface area contributed by atoms with Crippen LogP contribution in [0, 0.1) is 12.8 Å². The molecule has 152 valence electrons. The second-order valence-corrected chi connectivity index (χ2v) is 7.72. The molecule has 5 heteroatoms. The third kappa shape index (κ3) is 4.57. The summed E-state index contributed by atoms with van der Waals surface area (Å²) < 4.78 is 0. The van der Waals surface area contributed by atoms with Crippen LogP contribution in [0.4, 0.5) is 0 Å². The molecule has 1 aliphatic rings. The van der Waals surface area contributed by atoms with Crippen molar-refractivity contribution in [3.63, 3.8) is 0 Å². The smallest absolute Gasteiger partial charge is 0.272 e. The average molecular weight is 399 g/mol. The molecule has 2 amide bonds. The highest BCUT2D eigenvalue weighted by Gasteiger charge is 2.28. The van der Waals surface area contributed by atoms with Gasteiger partial charge in [-0.25, -0.2) is 0 Å². The van der Waals surface area contributed by atoms with E-state index in [1.165, 1.54) is 11.1 Å². The summed E-state index contributed by atoms with van der Waals surface area (Å²) in [5, 5.41) is 2.94. The van der Waals surface area contributed by atoms with E-state index >= 15 is 0 Å². The van der Waals surface area contributed by atoms with Crippen molar-refractivity contribution in [3.05, 3.63) is 89.7 Å². The van der Waals surface area contributed by atoms with E-state index in [1.807, 2.05) is 0 Å². The third-order valence-electron chi connectivity index (χ3n) is 5.45. The molecule has 1 saturated heterocycles. The highest BCUT2D eigenvalue weighted by atomic mass is 16.2. The molecule has 0 spiro atoms. The quantitative estimate of drug-likeness (QED) is 0.731. The maximum atomic E-state index is 12.8. The SMILES string of the molecule is Cc1cccc(-c2ccc(CC3CN(C(=O)c4ccccn4)CCNC3=O)cc2)c1. The van der Waals surface area contributed by atoms with Crippen LogP contribution in [0.25, 0.3) is 11.1 Å². The van der Waals surface area contributed by atoms with Crippen LogP contribution in [0.5, 0.6) is 0 Å². The van der Waals surface area contributed by atoms with Crippen LogP contribution in [0.3, 0.4) is 0 Å². The highest BCUT2D eigenvalue weighted by Crippen LogP contribution is 2.22. The van der Waals surface area contributed by atoms with Crippen molar-refractivity contribution < 1.29 is 9.59 Å². The van der Waals surface area contributed by atoms with Crippen LogP contribution in [-0.4, -0.2) is 41.3 Å². The number of hydrogen-bond donors (Lipinski definition) is 1. The number of amides is 2. The Morgan fingerprint density at radius 2 is 1.90 bits per heavy atom. The maximum absolute atomic E-state index is 12.8. The molecule has 4 rings (SSSR count). The first kappa shape index (κ1) is 19.8. The van der Waals surface area contributed by atoms with E-state index in [0.29, 0.717) is 31.7 Å². The Hall–Kier alpha value is -3.47. The zero-order valence-corrected chi connectivity index (χ0v) is 17.0. The first-order valence-corrected chi connectivity index (χ1v) is 10.2. The van der Waals surface area contributed by atoms with E-state index in [1.54, 1.807) is 29.3 Å². The molecule has 2 aromatic carbocycles. The van der Waals surface area contributed by atoms with Crippen molar-refractivity contribution in [1.29, 1.82) is 0 Å². The van der Waals surface area contributed by atoms with E-state index in [2.05, 4.69) is 65.8 Å². The van der Waals surface area contributed by atoms with Crippen LogP contribution in [0.2, 0.25) is 0 Å². The van der Waals surface area contributed by atoms with Crippen LogP contribution >= 0.6 is 0 Å². The number of carbonyl (C=O) groups excluding carboxylic acids is 2. The second kappa shape index (κ2) is 8.91. The summed E-state index contributed by atoms with van der Waals surface area (Å²) in [5.74, 6) is -0.425. The normalized spacial score (nSPS) is 16.6. The molecule has 0 saturated carbocycles. The van der Waals surface area contributed by atoms with Gasteiger partial charge in [0.25, 0.3) is 5.91 Å². The summed E-state index contributed by atoms with van der Waals surface area (Å²) in [5.41, 5.74) is 5.05. The average Bonchev–Trinajstić information content (AvgIpc) is 2.96. The molecular weight excluding hydrogens is 374 g/mol. The van der Waals surface area contributed by atoms with Gasteiger partial charge in [-0.3, -0.25) is 14.6 Å². The maximum Gasteiger partial charge on any atom is 0.272 e. The zero-order valence-electron chi connectivity index (χ0n) is 17.0. The van der Waals surface area contributed by atoms with Gasteiger partial charge in [0.1, 0.15) is 5.69 Å². The van der Waals surface area contributed by atoms with Gasteiger partial charge in [-0.05, 0) is 42.2 Å². The first-order chi connectivity index (χ1) is 14.6. The van der Waals surface area contributed by atoms with Gasteiger partial charge in [0, 0.05) is 25.8 Å². The lowest BCUT2D eigenvalue weighted by Gasteiger charge is -2.23. The molecule has 0 aliphatic carbocycles. The number of benzene rings is 2. The molecule has 3 aromatic rings. The predicted molar refractivity (Wildman–Crippen MR) is 117 cm³/mol. The minimum absolute atomic E-state index is 0.00548. The van der Waals surface area contributed by atoms with Gasteiger partial charge < -0.3 is 10.2 Å². The number of nitrogens with one attached hydrogen (secondary N) is 1. The fraction of sp³-hybridized carbons (Fsp3) is 0.240. The van der Waals surface area contributed by atoms with E-state index < -0.39 is 0 Å². The van der Waals surface area contributed by atoms with Crippen LogP contribution in [0.15, 0.2) is 72.9 Å². The lowest BCUT2D eigenvalue weighted by Crippen LogP contribution is -2.37. The van der Waals surface area contributed by atoms with Gasteiger partial charge in [-0.2, -0.15) is 0 Å². The van der Waals surface area contributed by atoms with E-state index in [0.717, 1.165) is 11.1 Å². The number of hydrogen-bond acceptors (Lipinski definition) is 3. The number of nitrogens with zero attached hydrogens (tertiary/aromatic N) is 2. The minimum Gasteiger partial charge on any atom is -0.354 e. The Morgan fingerprint density at radius 3 is 2.63 bits per heavy atom. The Bertz CT molecular complexity index is 1030. The van der Waals surface area contributed by atoms with Crippen molar-refractivity contribution in [3.8, 4) is 11.1 Å². The molecule has 2 heterocycles. The molecule has 1 unspecified atom stereocenters. The highest BCUT2D eigenvalue weighted by molar-refractivity contribution is 5.93. The number of aryl methyl sites for hydroxylation is 1. The zero-order chi connectivity index (χ0) is 20.9. The lowest BCUT2D eigenvalue weighted by atomic mass is 9.95. The monoisotopic (exact) mass is 399 g/mol. The van der Waals surface area contributed by atoms with Gasteiger partial charge >= 0.3 is 0 Å². The van der Waals surface area contributed by atoms with Gasteiger partial charge in [-0.1, -0.05) is 60.2 Å². The van der Waals surface area contributed by atoms with E-state index in [-0.39, 0.29) is 17.7 Å². The molecule has 0 radical (unpaired) electrons. The number of pyridine rings is 1. The molecule has 1 aromatic heterocycles. The van der Waals surface area contributed by atoms with Crippen molar-refractivity contribution in [2.24, 2.45) is 5.92 Å². The minimum atomic E-state index is -0.287. The van der Waals surface area contributed by atoms with E-state index in [9.17, 15) is 9.59 Å². The Labute approximate surface area is 176 Å². The van der Waals surface area contributed by atoms with Gasteiger partial charge in [0.05, 0.1) is 5.92 Å². The number of carbonyl (C=O) groups is 2. The summed E-state index contributed by atoms with van der Waals surface area (Å²) >= 11 is 0. The summed E-state index contributed by atoms with van der Waals surface area (Å²) in [6, 6.07) is 22.0. The van der Waals surface area contributed by atoms with Crippen LogP contribution in [0.1, 0.15) is 21.6 Å². The molecular formula is C25H25N3O2. The van der Waals surface area contributed by atoms with Gasteiger partial charge in [0.2, 0.25) is 5.91 Å². The molecule has 1 aliphatic heterocycles. The van der Waals surface area contributed by atoms with Gasteiger partial charge in [-0.15, -0.1) is 0 Å². The molecule has 1 fully saturated rings. The Kier molecular flexibility index (Phi) is 5.89. The molecule has 1 atom stereocenters.